The molecule has 0 atom stereocenters. The quantitative estimate of drug-likeness (QED) is 0.561. The standard InChI is InChI=1S/C12H15NO6S2/c1-20-7-6-13-11(14)10-8(12(15)16)4-3-5-9(10)19-21(2,17)18/h3-5H,6-7H2,1-2H3,(H,13,14)(H,15,16). The van der Waals surface area contributed by atoms with Gasteiger partial charge >= 0.3 is 16.1 Å². The summed E-state index contributed by atoms with van der Waals surface area (Å²) < 4.78 is 27.1. The topological polar surface area (TPSA) is 110 Å². The molecule has 116 valence electrons. The number of hydrogen-bond donors (Lipinski definition) is 2. The minimum absolute atomic E-state index is 0.306. The van der Waals surface area contributed by atoms with Crippen LogP contribution in [-0.2, 0) is 10.1 Å². The number of amides is 1. The maximum Gasteiger partial charge on any atom is 0.336 e. The van der Waals surface area contributed by atoms with Crippen LogP contribution >= 0.6 is 11.8 Å². The summed E-state index contributed by atoms with van der Waals surface area (Å²) in [5, 5.41) is 11.6. The van der Waals surface area contributed by atoms with Crippen LogP contribution in [0.2, 0.25) is 0 Å². The van der Waals surface area contributed by atoms with E-state index in [4.69, 9.17) is 9.29 Å². The third kappa shape index (κ3) is 5.27. The van der Waals surface area contributed by atoms with Gasteiger partial charge in [0.15, 0.2) is 5.75 Å². The molecule has 0 bridgehead atoms. The molecule has 0 aliphatic rings. The van der Waals surface area contributed by atoms with Gasteiger partial charge in [-0.3, -0.25) is 4.79 Å². The number of benzene rings is 1. The van der Waals surface area contributed by atoms with Crippen molar-refractivity contribution in [2.24, 2.45) is 0 Å². The molecule has 9 heteroatoms. The molecule has 7 nitrogen and oxygen atoms in total. The predicted molar refractivity (Wildman–Crippen MR) is 79.6 cm³/mol. The lowest BCUT2D eigenvalue weighted by atomic mass is 10.1. The maximum atomic E-state index is 12.1. The van der Waals surface area contributed by atoms with Crippen LogP contribution in [0.15, 0.2) is 18.2 Å². The summed E-state index contributed by atoms with van der Waals surface area (Å²) >= 11 is 1.51. The first-order valence-electron chi connectivity index (χ1n) is 5.79. The first-order valence-corrected chi connectivity index (χ1v) is 9.00. The Morgan fingerprint density at radius 1 is 1.38 bits per heavy atom. The number of carbonyl (C=O) groups is 2. The Kier molecular flexibility index (Phi) is 6.03. The maximum absolute atomic E-state index is 12.1. The molecule has 1 aromatic rings. The number of carboxylic acids is 1. The molecule has 0 fully saturated rings. The lowest BCUT2D eigenvalue weighted by Gasteiger charge is -2.12. The molecule has 0 saturated carbocycles. The Labute approximate surface area is 126 Å². The third-order valence-electron chi connectivity index (χ3n) is 2.32. The van der Waals surface area contributed by atoms with Crippen LogP contribution in [0.5, 0.6) is 5.75 Å². The summed E-state index contributed by atoms with van der Waals surface area (Å²) in [5.74, 6) is -1.70. The highest BCUT2D eigenvalue weighted by atomic mass is 32.2. The highest BCUT2D eigenvalue weighted by Gasteiger charge is 2.23. The van der Waals surface area contributed by atoms with Crippen molar-refractivity contribution >= 4 is 33.8 Å². The molecule has 0 unspecified atom stereocenters. The first kappa shape index (κ1) is 17.3. The van der Waals surface area contributed by atoms with Gasteiger partial charge in [-0.05, 0) is 18.4 Å². The predicted octanol–water partition coefficient (Wildman–Crippen LogP) is 0.816. The minimum Gasteiger partial charge on any atom is -0.478 e. The van der Waals surface area contributed by atoms with Gasteiger partial charge in [0.05, 0.1) is 17.4 Å². The van der Waals surface area contributed by atoms with Gasteiger partial charge in [-0.25, -0.2) is 4.79 Å². The SMILES string of the molecule is CSCCNC(=O)c1c(OS(C)(=O)=O)cccc1C(=O)O. The third-order valence-corrected chi connectivity index (χ3v) is 3.41. The van der Waals surface area contributed by atoms with Gasteiger partial charge in [-0.2, -0.15) is 20.2 Å². The molecule has 0 heterocycles. The van der Waals surface area contributed by atoms with E-state index in [0.29, 0.717) is 12.3 Å². The minimum atomic E-state index is -3.88. The van der Waals surface area contributed by atoms with E-state index in [1.807, 2.05) is 6.26 Å². The Balaban J connectivity index is 3.23. The van der Waals surface area contributed by atoms with E-state index >= 15 is 0 Å². The Bertz CT molecular complexity index is 641. The van der Waals surface area contributed by atoms with Gasteiger partial charge in [0.2, 0.25) is 0 Å². The van der Waals surface area contributed by atoms with Crippen molar-refractivity contribution in [3.63, 3.8) is 0 Å². The molecular formula is C12H15NO6S2. The zero-order chi connectivity index (χ0) is 16.0. The van der Waals surface area contributed by atoms with E-state index in [1.54, 1.807) is 0 Å². The monoisotopic (exact) mass is 333 g/mol. The summed E-state index contributed by atoms with van der Waals surface area (Å²) in [6, 6.07) is 3.75. The number of carboxylic acid groups (broad SMARTS) is 1. The van der Waals surface area contributed by atoms with Crippen molar-refractivity contribution in [3.05, 3.63) is 29.3 Å². The van der Waals surface area contributed by atoms with Gasteiger partial charge in [-0.15, -0.1) is 0 Å². The molecular weight excluding hydrogens is 318 g/mol. The number of rotatable bonds is 7. The fraction of sp³-hybridized carbons (Fsp3) is 0.333. The van der Waals surface area contributed by atoms with E-state index in [0.717, 1.165) is 6.26 Å². The average Bonchev–Trinajstić information content (AvgIpc) is 2.36. The molecule has 0 saturated heterocycles. The van der Waals surface area contributed by atoms with Crippen LogP contribution in [-0.4, -0.2) is 50.2 Å². The lowest BCUT2D eigenvalue weighted by molar-refractivity contribution is 0.0690. The molecule has 0 aliphatic heterocycles. The van der Waals surface area contributed by atoms with Gasteiger partial charge in [0, 0.05) is 12.3 Å². The number of aromatic carboxylic acids is 1. The second kappa shape index (κ2) is 7.32. The zero-order valence-electron chi connectivity index (χ0n) is 11.5. The number of carbonyl (C=O) groups excluding carboxylic acids is 1. The molecule has 0 radical (unpaired) electrons. The summed E-state index contributed by atoms with van der Waals surface area (Å²) in [6.45, 7) is 0.326. The number of nitrogens with one attached hydrogen (secondary N) is 1. The molecule has 1 amide bonds. The largest absolute Gasteiger partial charge is 0.478 e. The zero-order valence-corrected chi connectivity index (χ0v) is 13.1. The first-order chi connectivity index (χ1) is 9.76. The van der Waals surface area contributed by atoms with Crippen molar-refractivity contribution in [2.45, 2.75) is 0 Å². The van der Waals surface area contributed by atoms with E-state index in [1.165, 1.54) is 30.0 Å². The number of thioether (sulfide) groups is 1. The average molecular weight is 333 g/mol. The highest BCUT2D eigenvalue weighted by molar-refractivity contribution is 7.98. The van der Waals surface area contributed by atoms with Gasteiger partial charge in [-0.1, -0.05) is 6.07 Å². The number of hydrogen-bond acceptors (Lipinski definition) is 6. The molecule has 21 heavy (non-hydrogen) atoms. The van der Waals surface area contributed by atoms with Crippen molar-refractivity contribution in [1.29, 1.82) is 0 Å². The normalized spacial score (nSPS) is 11.0. The van der Waals surface area contributed by atoms with Gasteiger partial charge < -0.3 is 14.6 Å². The smallest absolute Gasteiger partial charge is 0.336 e. The van der Waals surface area contributed by atoms with Crippen LogP contribution in [0.25, 0.3) is 0 Å². The fourth-order valence-corrected chi connectivity index (χ4v) is 2.30. The fourth-order valence-electron chi connectivity index (χ4n) is 1.53. The van der Waals surface area contributed by atoms with Gasteiger partial charge in [0.25, 0.3) is 5.91 Å². The van der Waals surface area contributed by atoms with Crippen LogP contribution in [0.3, 0.4) is 0 Å². The lowest BCUT2D eigenvalue weighted by Crippen LogP contribution is -2.28. The van der Waals surface area contributed by atoms with Crippen LogP contribution < -0.4 is 9.50 Å². The Morgan fingerprint density at radius 2 is 2.05 bits per heavy atom. The van der Waals surface area contributed by atoms with E-state index in [9.17, 15) is 18.0 Å². The van der Waals surface area contributed by atoms with Crippen molar-refractivity contribution in [3.8, 4) is 5.75 Å². The van der Waals surface area contributed by atoms with Crippen LogP contribution in [0, 0.1) is 0 Å². The summed E-state index contributed by atoms with van der Waals surface area (Å²) in [6.07, 6.45) is 2.67. The highest BCUT2D eigenvalue weighted by Crippen LogP contribution is 2.24. The summed E-state index contributed by atoms with van der Waals surface area (Å²) in [7, 11) is -3.88. The van der Waals surface area contributed by atoms with E-state index < -0.39 is 22.0 Å². The molecule has 1 rings (SSSR count). The van der Waals surface area contributed by atoms with Crippen molar-refractivity contribution < 1.29 is 27.3 Å². The van der Waals surface area contributed by atoms with E-state index in [2.05, 4.69) is 5.32 Å². The molecule has 0 spiro atoms. The molecule has 1 aromatic carbocycles. The van der Waals surface area contributed by atoms with Crippen molar-refractivity contribution in [1.82, 2.24) is 5.32 Å². The molecule has 0 aromatic heterocycles. The molecule has 2 N–H and O–H groups in total. The summed E-state index contributed by atoms with van der Waals surface area (Å²) in [4.78, 5) is 23.3. The Morgan fingerprint density at radius 3 is 2.57 bits per heavy atom. The summed E-state index contributed by atoms with van der Waals surface area (Å²) in [5.41, 5.74) is -0.630. The Hall–Kier alpha value is -1.74. The second-order valence-electron chi connectivity index (χ2n) is 4.02. The van der Waals surface area contributed by atoms with Crippen LogP contribution in [0.1, 0.15) is 20.7 Å². The van der Waals surface area contributed by atoms with Crippen LogP contribution in [0.4, 0.5) is 0 Å². The van der Waals surface area contributed by atoms with E-state index in [-0.39, 0.29) is 16.9 Å². The second-order valence-corrected chi connectivity index (χ2v) is 6.58. The van der Waals surface area contributed by atoms with Crippen molar-refractivity contribution in [2.75, 3.05) is 24.8 Å². The molecule has 0 aliphatic carbocycles. The van der Waals surface area contributed by atoms with Gasteiger partial charge in [0.1, 0.15) is 0 Å².